The molecule has 0 bridgehead atoms. The molecule has 2 heterocycles. The van der Waals surface area contributed by atoms with Crippen molar-refractivity contribution >= 4 is 21.7 Å². The molecule has 5 rings (SSSR count). The van der Waals surface area contributed by atoms with Crippen molar-refractivity contribution < 1.29 is 8.60 Å². The SMILES string of the molecule is CS(=O)c1ccc(-c2ncc(-c3ccc(F)cc3)[nH]2)c(-c2ccnc3ccccc23)c1. The number of para-hydroxylation sites is 1. The Kier molecular flexibility index (Phi) is 4.92. The predicted molar refractivity (Wildman–Crippen MR) is 122 cm³/mol. The summed E-state index contributed by atoms with van der Waals surface area (Å²) in [5.74, 6) is 0.405. The highest BCUT2D eigenvalue weighted by Gasteiger charge is 2.15. The topological polar surface area (TPSA) is 58.6 Å². The lowest BCUT2D eigenvalue weighted by atomic mass is 9.96. The van der Waals surface area contributed by atoms with E-state index in [1.54, 1.807) is 30.8 Å². The van der Waals surface area contributed by atoms with E-state index in [1.165, 1.54) is 12.1 Å². The van der Waals surface area contributed by atoms with E-state index in [9.17, 15) is 8.60 Å². The molecule has 1 atom stereocenters. The maximum Gasteiger partial charge on any atom is 0.138 e. The van der Waals surface area contributed by atoms with Gasteiger partial charge in [0, 0.05) is 39.1 Å². The zero-order chi connectivity index (χ0) is 21.4. The zero-order valence-electron chi connectivity index (χ0n) is 16.7. The molecule has 0 aliphatic rings. The number of hydrogen-bond acceptors (Lipinski definition) is 3. The summed E-state index contributed by atoms with van der Waals surface area (Å²) in [7, 11) is -1.12. The lowest BCUT2D eigenvalue weighted by Crippen LogP contribution is -1.94. The molecule has 0 fully saturated rings. The van der Waals surface area contributed by atoms with Crippen molar-refractivity contribution in [3.63, 3.8) is 0 Å². The van der Waals surface area contributed by atoms with Crippen molar-refractivity contribution in [1.29, 1.82) is 0 Å². The molecule has 0 aliphatic carbocycles. The van der Waals surface area contributed by atoms with Gasteiger partial charge in [0.05, 0.1) is 17.4 Å². The summed E-state index contributed by atoms with van der Waals surface area (Å²) in [5.41, 5.74) is 5.34. The Morgan fingerprint density at radius 3 is 2.48 bits per heavy atom. The monoisotopic (exact) mass is 427 g/mol. The largest absolute Gasteiger partial charge is 0.338 e. The highest BCUT2D eigenvalue weighted by atomic mass is 32.2. The zero-order valence-corrected chi connectivity index (χ0v) is 17.5. The average Bonchev–Trinajstić information content (AvgIpc) is 3.29. The summed E-state index contributed by atoms with van der Waals surface area (Å²) in [6.45, 7) is 0. The highest BCUT2D eigenvalue weighted by molar-refractivity contribution is 7.84. The molecular formula is C25H18FN3OS. The molecule has 2 aromatic heterocycles. The third kappa shape index (κ3) is 3.66. The van der Waals surface area contributed by atoms with Crippen molar-refractivity contribution in [3.05, 3.63) is 91.0 Å². The van der Waals surface area contributed by atoms with Gasteiger partial charge < -0.3 is 4.98 Å². The lowest BCUT2D eigenvalue weighted by molar-refractivity contribution is 0.628. The summed E-state index contributed by atoms with van der Waals surface area (Å²) < 4.78 is 25.5. The first kappa shape index (κ1) is 19.3. The number of nitrogens with zero attached hydrogens (tertiary/aromatic N) is 2. The second-order valence-electron chi connectivity index (χ2n) is 7.19. The van der Waals surface area contributed by atoms with Gasteiger partial charge in [-0.25, -0.2) is 9.37 Å². The first-order valence-electron chi connectivity index (χ1n) is 9.73. The maximum atomic E-state index is 13.3. The lowest BCUT2D eigenvalue weighted by Gasteiger charge is -2.12. The van der Waals surface area contributed by atoms with Crippen molar-refractivity contribution in [3.8, 4) is 33.8 Å². The molecule has 0 radical (unpaired) electrons. The van der Waals surface area contributed by atoms with Crippen LogP contribution in [0.4, 0.5) is 4.39 Å². The van der Waals surface area contributed by atoms with Gasteiger partial charge in [0.2, 0.25) is 0 Å². The molecule has 5 aromatic rings. The molecular weight excluding hydrogens is 409 g/mol. The molecule has 0 amide bonds. The number of benzene rings is 3. The van der Waals surface area contributed by atoms with Crippen molar-refractivity contribution in [2.45, 2.75) is 4.90 Å². The number of aromatic amines is 1. The van der Waals surface area contributed by atoms with Gasteiger partial charge in [0.15, 0.2) is 0 Å². The number of H-pyrrole nitrogens is 1. The van der Waals surface area contributed by atoms with Gasteiger partial charge in [-0.1, -0.05) is 18.2 Å². The number of fused-ring (bicyclic) bond motifs is 1. The fraction of sp³-hybridized carbons (Fsp3) is 0.0400. The van der Waals surface area contributed by atoms with E-state index in [0.29, 0.717) is 5.82 Å². The van der Waals surface area contributed by atoms with Gasteiger partial charge in [-0.2, -0.15) is 0 Å². The van der Waals surface area contributed by atoms with Crippen LogP contribution < -0.4 is 0 Å². The van der Waals surface area contributed by atoms with Crippen LogP contribution in [0.2, 0.25) is 0 Å². The van der Waals surface area contributed by atoms with Crippen LogP contribution in [0.15, 0.2) is 90.1 Å². The van der Waals surface area contributed by atoms with Crippen LogP contribution in [0.5, 0.6) is 0 Å². The Labute approximate surface area is 181 Å². The van der Waals surface area contributed by atoms with Gasteiger partial charge in [-0.15, -0.1) is 0 Å². The Morgan fingerprint density at radius 2 is 1.68 bits per heavy atom. The third-order valence-corrected chi connectivity index (χ3v) is 6.17. The number of aromatic nitrogens is 3. The van der Waals surface area contributed by atoms with Crippen molar-refractivity contribution in [2.24, 2.45) is 0 Å². The Hall–Kier alpha value is -3.64. The highest BCUT2D eigenvalue weighted by Crippen LogP contribution is 2.36. The van der Waals surface area contributed by atoms with Gasteiger partial charge in [0.25, 0.3) is 0 Å². The van der Waals surface area contributed by atoms with E-state index in [2.05, 4.69) is 15.0 Å². The van der Waals surface area contributed by atoms with Crippen molar-refractivity contribution in [1.82, 2.24) is 15.0 Å². The Balaban J connectivity index is 1.70. The molecule has 0 saturated carbocycles. The molecule has 0 saturated heterocycles. The standard InChI is InChI=1S/C25H18FN3OS/c1-31(30)18-10-11-21(25-28-15-24(29-25)16-6-8-17(26)9-7-16)22(14-18)19-12-13-27-23-5-3-2-4-20(19)23/h2-15H,1H3,(H,28,29). The van der Waals surface area contributed by atoms with Gasteiger partial charge in [-0.3, -0.25) is 9.19 Å². The van der Waals surface area contributed by atoms with E-state index in [0.717, 1.165) is 43.7 Å². The molecule has 6 heteroatoms. The normalized spacial score (nSPS) is 12.2. The Bertz CT molecular complexity index is 1420. The number of pyridine rings is 1. The van der Waals surface area contributed by atoms with E-state index < -0.39 is 10.8 Å². The van der Waals surface area contributed by atoms with Crippen molar-refractivity contribution in [2.75, 3.05) is 6.26 Å². The maximum absolute atomic E-state index is 13.3. The Morgan fingerprint density at radius 1 is 0.871 bits per heavy atom. The number of imidazole rings is 1. The van der Waals surface area contributed by atoms with Crippen LogP contribution in [-0.2, 0) is 10.8 Å². The fourth-order valence-corrected chi connectivity index (χ4v) is 4.24. The quantitative estimate of drug-likeness (QED) is 0.392. The number of rotatable bonds is 4. The second-order valence-corrected chi connectivity index (χ2v) is 8.57. The second kappa shape index (κ2) is 7.89. The molecule has 31 heavy (non-hydrogen) atoms. The first-order valence-corrected chi connectivity index (χ1v) is 11.3. The molecule has 0 spiro atoms. The molecule has 1 unspecified atom stereocenters. The van der Waals surface area contributed by atoms with E-state index >= 15 is 0 Å². The predicted octanol–water partition coefficient (Wildman–Crippen LogP) is 5.84. The fourth-order valence-electron chi connectivity index (χ4n) is 3.70. The van der Waals surface area contributed by atoms with Crippen LogP contribution in [0.25, 0.3) is 44.7 Å². The van der Waals surface area contributed by atoms with Crippen LogP contribution in [0.3, 0.4) is 0 Å². The minimum Gasteiger partial charge on any atom is -0.338 e. The van der Waals surface area contributed by atoms with Gasteiger partial charge >= 0.3 is 0 Å². The van der Waals surface area contributed by atoms with Gasteiger partial charge in [-0.05, 0) is 71.3 Å². The van der Waals surface area contributed by atoms with E-state index in [-0.39, 0.29) is 5.82 Å². The molecule has 1 N–H and O–H groups in total. The number of hydrogen-bond donors (Lipinski definition) is 1. The number of nitrogens with one attached hydrogen (secondary N) is 1. The average molecular weight is 428 g/mol. The smallest absolute Gasteiger partial charge is 0.138 e. The van der Waals surface area contributed by atoms with Crippen LogP contribution in [-0.4, -0.2) is 25.4 Å². The van der Waals surface area contributed by atoms with Crippen LogP contribution in [0.1, 0.15) is 0 Å². The molecule has 152 valence electrons. The van der Waals surface area contributed by atoms with Gasteiger partial charge in [0.1, 0.15) is 11.6 Å². The summed E-state index contributed by atoms with van der Waals surface area (Å²) in [6, 6.07) is 21.9. The van der Waals surface area contributed by atoms with Crippen LogP contribution >= 0.6 is 0 Å². The molecule has 0 aliphatic heterocycles. The third-order valence-electron chi connectivity index (χ3n) is 5.25. The van der Waals surface area contributed by atoms with Crippen LogP contribution in [0, 0.1) is 5.82 Å². The molecule has 4 nitrogen and oxygen atoms in total. The minimum absolute atomic E-state index is 0.279. The summed E-state index contributed by atoms with van der Waals surface area (Å²) in [4.78, 5) is 13.1. The summed E-state index contributed by atoms with van der Waals surface area (Å²) in [5, 5.41) is 1.01. The van der Waals surface area contributed by atoms with E-state index in [4.69, 9.17) is 0 Å². The molecule has 3 aromatic carbocycles. The minimum atomic E-state index is -1.12. The van der Waals surface area contributed by atoms with E-state index in [1.807, 2.05) is 48.5 Å². The first-order chi connectivity index (χ1) is 15.1. The summed E-state index contributed by atoms with van der Waals surface area (Å²) >= 11 is 0. The number of halogens is 1. The summed E-state index contributed by atoms with van der Waals surface area (Å²) in [6.07, 6.45) is 5.19.